The molecule has 6 nitrogen and oxygen atoms in total. The van der Waals surface area contributed by atoms with E-state index in [-0.39, 0.29) is 0 Å². The molecule has 102 valence electrons. The Labute approximate surface area is 103 Å². The summed E-state index contributed by atoms with van der Waals surface area (Å²) in [5.74, 6) is -0.582. The highest BCUT2D eigenvalue weighted by Gasteiger charge is 2.37. The van der Waals surface area contributed by atoms with Gasteiger partial charge in [0.05, 0.1) is 7.11 Å². The van der Waals surface area contributed by atoms with Gasteiger partial charge in [-0.05, 0) is 19.8 Å². The lowest BCUT2D eigenvalue weighted by Crippen LogP contribution is -2.55. The molecule has 0 aliphatic rings. The Morgan fingerprint density at radius 3 is 2.29 bits per heavy atom. The van der Waals surface area contributed by atoms with Crippen LogP contribution in [0.1, 0.15) is 40.0 Å². The summed E-state index contributed by atoms with van der Waals surface area (Å²) in [7, 11) is -2.44. The van der Waals surface area contributed by atoms with Crippen LogP contribution in [0.25, 0.3) is 0 Å². The Balaban J connectivity index is 4.81. The van der Waals surface area contributed by atoms with E-state index in [1.54, 1.807) is 0 Å². The standard InChI is InChI=1S/C10H22N2O4S/c1-5-7-10(3,9(13)16-4)12-17(14,15)11-8-6-2/h11-12H,5-8H2,1-4H3. The highest BCUT2D eigenvalue weighted by Crippen LogP contribution is 2.15. The molecule has 2 N–H and O–H groups in total. The molecule has 0 fully saturated rings. The van der Waals surface area contributed by atoms with Crippen LogP contribution < -0.4 is 9.44 Å². The van der Waals surface area contributed by atoms with E-state index < -0.39 is 21.7 Å². The maximum atomic E-state index is 11.7. The molecular formula is C10H22N2O4S. The first-order valence-electron chi connectivity index (χ1n) is 5.68. The van der Waals surface area contributed by atoms with Gasteiger partial charge in [-0.25, -0.2) is 4.72 Å². The van der Waals surface area contributed by atoms with Gasteiger partial charge in [-0.15, -0.1) is 0 Å². The second-order valence-corrected chi connectivity index (χ2v) is 5.57. The number of hydrogen-bond donors (Lipinski definition) is 2. The SMILES string of the molecule is CCCNS(=O)(=O)NC(C)(CCC)C(=O)OC. The van der Waals surface area contributed by atoms with Crippen LogP contribution in [0.5, 0.6) is 0 Å². The van der Waals surface area contributed by atoms with Crippen molar-refractivity contribution < 1.29 is 17.9 Å². The Bertz CT molecular complexity index is 342. The van der Waals surface area contributed by atoms with Crippen molar-refractivity contribution in [2.75, 3.05) is 13.7 Å². The molecule has 0 aliphatic carbocycles. The summed E-state index contributed by atoms with van der Waals surface area (Å²) in [6.45, 7) is 5.58. The number of esters is 1. The molecule has 1 unspecified atom stereocenters. The summed E-state index contributed by atoms with van der Waals surface area (Å²) in [5.41, 5.74) is -1.22. The first kappa shape index (κ1) is 16.3. The second-order valence-electron chi connectivity index (χ2n) is 4.07. The minimum atomic E-state index is -3.68. The lowest BCUT2D eigenvalue weighted by molar-refractivity contribution is -0.147. The molecular weight excluding hydrogens is 244 g/mol. The first-order chi connectivity index (χ1) is 7.81. The average Bonchev–Trinajstić information content (AvgIpc) is 2.24. The molecule has 0 radical (unpaired) electrons. The molecule has 0 saturated heterocycles. The van der Waals surface area contributed by atoms with Gasteiger partial charge < -0.3 is 4.74 Å². The fourth-order valence-corrected chi connectivity index (χ4v) is 2.81. The summed E-state index contributed by atoms with van der Waals surface area (Å²) in [4.78, 5) is 11.6. The average molecular weight is 266 g/mol. The molecule has 0 aromatic rings. The van der Waals surface area contributed by atoms with Crippen LogP contribution in [-0.2, 0) is 19.7 Å². The third kappa shape index (κ3) is 5.47. The van der Waals surface area contributed by atoms with Crippen LogP contribution in [0.2, 0.25) is 0 Å². The third-order valence-corrected chi connectivity index (χ3v) is 3.59. The third-order valence-electron chi connectivity index (χ3n) is 2.29. The number of methoxy groups -OCH3 is 1. The summed E-state index contributed by atoms with van der Waals surface area (Å²) in [5, 5.41) is 0. The second kappa shape index (κ2) is 6.93. The van der Waals surface area contributed by atoms with Crippen molar-refractivity contribution in [3.8, 4) is 0 Å². The van der Waals surface area contributed by atoms with Gasteiger partial charge in [-0.2, -0.15) is 13.1 Å². The van der Waals surface area contributed by atoms with E-state index in [1.807, 2.05) is 13.8 Å². The van der Waals surface area contributed by atoms with Crippen molar-refractivity contribution in [3.05, 3.63) is 0 Å². The molecule has 7 heteroatoms. The topological polar surface area (TPSA) is 84.5 Å². The van der Waals surface area contributed by atoms with E-state index in [0.29, 0.717) is 25.8 Å². The largest absolute Gasteiger partial charge is 0.468 e. The molecule has 0 heterocycles. The first-order valence-corrected chi connectivity index (χ1v) is 7.16. The van der Waals surface area contributed by atoms with E-state index in [0.717, 1.165) is 0 Å². The fourth-order valence-electron chi connectivity index (χ4n) is 1.49. The minimum absolute atomic E-state index is 0.332. The number of carbonyl (C=O) groups excluding carboxylic acids is 1. The van der Waals surface area contributed by atoms with E-state index in [9.17, 15) is 13.2 Å². The molecule has 0 aromatic heterocycles. The number of hydrogen-bond acceptors (Lipinski definition) is 4. The van der Waals surface area contributed by atoms with Crippen LogP contribution in [-0.4, -0.2) is 33.6 Å². The maximum Gasteiger partial charge on any atom is 0.326 e. The van der Waals surface area contributed by atoms with Gasteiger partial charge in [0.25, 0.3) is 10.2 Å². The van der Waals surface area contributed by atoms with Gasteiger partial charge >= 0.3 is 5.97 Å². The Morgan fingerprint density at radius 2 is 1.88 bits per heavy atom. The zero-order valence-corrected chi connectivity index (χ0v) is 11.7. The van der Waals surface area contributed by atoms with Gasteiger partial charge in [0, 0.05) is 6.54 Å². The van der Waals surface area contributed by atoms with E-state index in [4.69, 9.17) is 0 Å². The Kier molecular flexibility index (Phi) is 6.66. The van der Waals surface area contributed by atoms with Crippen LogP contribution >= 0.6 is 0 Å². The molecule has 0 amide bonds. The number of ether oxygens (including phenoxy) is 1. The summed E-state index contributed by atoms with van der Waals surface area (Å²) >= 11 is 0. The van der Waals surface area contributed by atoms with Crippen molar-refractivity contribution in [2.24, 2.45) is 0 Å². The summed E-state index contributed by atoms with van der Waals surface area (Å²) in [6.07, 6.45) is 1.73. The predicted octanol–water partition coefficient (Wildman–Crippen LogP) is 0.552. The molecule has 0 spiro atoms. The van der Waals surface area contributed by atoms with Crippen molar-refractivity contribution in [2.45, 2.75) is 45.6 Å². The molecule has 17 heavy (non-hydrogen) atoms. The number of nitrogens with one attached hydrogen (secondary N) is 2. The number of carbonyl (C=O) groups is 1. The lowest BCUT2D eigenvalue weighted by Gasteiger charge is -2.27. The molecule has 0 aromatic carbocycles. The Morgan fingerprint density at radius 1 is 1.29 bits per heavy atom. The molecule has 0 rings (SSSR count). The maximum absolute atomic E-state index is 11.7. The number of rotatable bonds is 8. The van der Waals surface area contributed by atoms with Gasteiger partial charge in [-0.1, -0.05) is 20.3 Å². The van der Waals surface area contributed by atoms with E-state index >= 15 is 0 Å². The van der Waals surface area contributed by atoms with E-state index in [1.165, 1.54) is 14.0 Å². The summed E-state index contributed by atoms with van der Waals surface area (Å²) in [6, 6.07) is 0. The van der Waals surface area contributed by atoms with Crippen LogP contribution in [0, 0.1) is 0 Å². The molecule has 1 atom stereocenters. The highest BCUT2D eigenvalue weighted by atomic mass is 32.2. The zero-order chi connectivity index (χ0) is 13.5. The smallest absolute Gasteiger partial charge is 0.326 e. The minimum Gasteiger partial charge on any atom is -0.468 e. The Hall–Kier alpha value is -0.660. The zero-order valence-electron chi connectivity index (χ0n) is 10.9. The van der Waals surface area contributed by atoms with Gasteiger partial charge in [0.2, 0.25) is 0 Å². The molecule has 0 bridgehead atoms. The quantitative estimate of drug-likeness (QED) is 0.628. The van der Waals surface area contributed by atoms with Gasteiger partial charge in [-0.3, -0.25) is 4.79 Å². The van der Waals surface area contributed by atoms with Crippen LogP contribution in [0.3, 0.4) is 0 Å². The van der Waals surface area contributed by atoms with Crippen molar-refractivity contribution >= 4 is 16.2 Å². The van der Waals surface area contributed by atoms with Gasteiger partial charge in [0.15, 0.2) is 0 Å². The monoisotopic (exact) mass is 266 g/mol. The summed E-state index contributed by atoms with van der Waals surface area (Å²) < 4.78 is 32.7. The van der Waals surface area contributed by atoms with Crippen LogP contribution in [0.4, 0.5) is 0 Å². The van der Waals surface area contributed by atoms with Crippen molar-refractivity contribution in [1.29, 1.82) is 0 Å². The molecule has 0 saturated carbocycles. The van der Waals surface area contributed by atoms with Crippen LogP contribution in [0.15, 0.2) is 0 Å². The van der Waals surface area contributed by atoms with Crippen molar-refractivity contribution in [3.63, 3.8) is 0 Å². The van der Waals surface area contributed by atoms with E-state index in [2.05, 4.69) is 14.2 Å². The van der Waals surface area contributed by atoms with Gasteiger partial charge in [0.1, 0.15) is 5.54 Å². The van der Waals surface area contributed by atoms with Crippen molar-refractivity contribution in [1.82, 2.24) is 9.44 Å². The molecule has 0 aliphatic heterocycles. The lowest BCUT2D eigenvalue weighted by atomic mass is 9.98. The highest BCUT2D eigenvalue weighted by molar-refractivity contribution is 7.87. The normalized spacial score (nSPS) is 15.3. The predicted molar refractivity (Wildman–Crippen MR) is 65.7 cm³/mol. The fraction of sp³-hybridized carbons (Fsp3) is 0.900.